The number of nitrogens with zero attached hydrogens (tertiary/aromatic N) is 1. The number of Topliss-reactive ketones (excluding diaryl/α,β-unsaturated/α-hetero) is 1. The number of aliphatic hydroxyl groups is 1. The number of carbonyl (C=O) groups is 2. The van der Waals surface area contributed by atoms with Gasteiger partial charge in [0.25, 0.3) is 11.7 Å². The number of halogens is 3. The summed E-state index contributed by atoms with van der Waals surface area (Å²) in [5, 5.41) is 20.9. The van der Waals surface area contributed by atoms with E-state index in [1.54, 1.807) is 0 Å². The van der Waals surface area contributed by atoms with E-state index in [-0.39, 0.29) is 16.9 Å². The normalized spacial score (nSPS) is 17.9. The molecule has 0 radical (unpaired) electrons. The third-order valence-electron chi connectivity index (χ3n) is 4.94. The van der Waals surface area contributed by atoms with Crippen molar-refractivity contribution < 1.29 is 28.6 Å². The minimum Gasteiger partial charge on any atom is -0.508 e. The first-order valence-electron chi connectivity index (χ1n) is 9.09. The Morgan fingerprint density at radius 2 is 1.58 bits per heavy atom. The van der Waals surface area contributed by atoms with Gasteiger partial charge >= 0.3 is 0 Å². The Labute approximate surface area is 180 Å². The Balaban J connectivity index is 1.97. The van der Waals surface area contributed by atoms with Crippen molar-refractivity contribution in [2.75, 3.05) is 4.90 Å². The lowest BCUT2D eigenvalue weighted by Crippen LogP contribution is -2.30. The van der Waals surface area contributed by atoms with E-state index >= 15 is 0 Å². The van der Waals surface area contributed by atoms with Gasteiger partial charge in [-0.2, -0.15) is 0 Å². The maximum absolute atomic E-state index is 14.6. The van der Waals surface area contributed by atoms with Crippen molar-refractivity contribution >= 4 is 34.7 Å². The van der Waals surface area contributed by atoms with Crippen LogP contribution in [0.25, 0.3) is 5.76 Å². The van der Waals surface area contributed by atoms with Crippen LogP contribution in [0.2, 0.25) is 5.02 Å². The van der Waals surface area contributed by atoms with Crippen LogP contribution < -0.4 is 4.90 Å². The second-order valence-electron chi connectivity index (χ2n) is 6.86. The van der Waals surface area contributed by atoms with Crippen LogP contribution in [0, 0.1) is 11.6 Å². The Morgan fingerprint density at radius 3 is 2.23 bits per heavy atom. The number of phenolic OH excluding ortho intramolecular Hbond substituents is 1. The molecule has 1 unspecified atom stereocenters. The molecule has 1 aliphatic heterocycles. The lowest BCUT2D eigenvalue weighted by molar-refractivity contribution is -0.132. The highest BCUT2D eigenvalue weighted by Crippen LogP contribution is 2.43. The zero-order chi connectivity index (χ0) is 22.3. The smallest absolute Gasteiger partial charge is 0.300 e. The second kappa shape index (κ2) is 7.85. The van der Waals surface area contributed by atoms with Gasteiger partial charge in [0, 0.05) is 16.7 Å². The molecular formula is C23H14ClF2NO4. The molecular weight excluding hydrogens is 428 g/mol. The van der Waals surface area contributed by atoms with Gasteiger partial charge in [-0.25, -0.2) is 8.78 Å². The highest BCUT2D eigenvalue weighted by atomic mass is 35.5. The summed E-state index contributed by atoms with van der Waals surface area (Å²) in [5.74, 6) is -4.48. The van der Waals surface area contributed by atoms with Gasteiger partial charge in [0.05, 0.1) is 17.3 Å². The summed E-state index contributed by atoms with van der Waals surface area (Å²) in [6.07, 6.45) is 0. The van der Waals surface area contributed by atoms with E-state index in [9.17, 15) is 28.6 Å². The van der Waals surface area contributed by atoms with E-state index in [1.807, 2.05) is 0 Å². The van der Waals surface area contributed by atoms with Crippen molar-refractivity contribution in [3.8, 4) is 5.75 Å². The van der Waals surface area contributed by atoms with Crippen LogP contribution in [0.3, 0.4) is 0 Å². The van der Waals surface area contributed by atoms with Gasteiger partial charge in [-0.1, -0.05) is 23.7 Å². The van der Waals surface area contributed by atoms with E-state index < -0.39 is 40.8 Å². The van der Waals surface area contributed by atoms with Crippen molar-refractivity contribution in [3.63, 3.8) is 0 Å². The molecule has 0 aromatic heterocycles. The number of carbonyl (C=O) groups excluding carboxylic acids is 2. The van der Waals surface area contributed by atoms with Crippen LogP contribution in [-0.4, -0.2) is 21.9 Å². The predicted molar refractivity (Wildman–Crippen MR) is 111 cm³/mol. The van der Waals surface area contributed by atoms with Crippen LogP contribution in [0.15, 0.2) is 72.3 Å². The molecule has 2 N–H and O–H groups in total. The number of benzene rings is 3. The number of phenols is 1. The molecule has 0 bridgehead atoms. The van der Waals surface area contributed by atoms with Crippen molar-refractivity contribution in [1.82, 2.24) is 0 Å². The molecule has 156 valence electrons. The molecule has 1 saturated heterocycles. The fourth-order valence-corrected chi connectivity index (χ4v) is 3.61. The number of rotatable bonds is 3. The Kier molecular flexibility index (Phi) is 5.20. The lowest BCUT2D eigenvalue weighted by Gasteiger charge is -2.25. The molecule has 0 aliphatic carbocycles. The minimum atomic E-state index is -1.26. The number of aromatic hydroxyl groups is 1. The summed E-state index contributed by atoms with van der Waals surface area (Å²) in [6, 6.07) is 12.7. The molecule has 8 heteroatoms. The minimum absolute atomic E-state index is 0.0738. The third kappa shape index (κ3) is 3.64. The first-order chi connectivity index (χ1) is 14.8. The molecule has 1 aliphatic rings. The molecule has 3 aromatic carbocycles. The molecule has 1 atom stereocenters. The van der Waals surface area contributed by atoms with E-state index in [1.165, 1.54) is 48.5 Å². The summed E-state index contributed by atoms with van der Waals surface area (Å²) in [5.41, 5.74) is -0.237. The van der Waals surface area contributed by atoms with Crippen molar-refractivity contribution in [1.29, 1.82) is 0 Å². The topological polar surface area (TPSA) is 77.8 Å². The molecule has 5 nitrogen and oxygen atoms in total. The number of ketones is 1. The summed E-state index contributed by atoms with van der Waals surface area (Å²) in [7, 11) is 0. The maximum Gasteiger partial charge on any atom is 0.300 e. The van der Waals surface area contributed by atoms with Crippen LogP contribution >= 0.6 is 11.6 Å². The van der Waals surface area contributed by atoms with Gasteiger partial charge in [-0.3, -0.25) is 14.5 Å². The van der Waals surface area contributed by atoms with Gasteiger partial charge in [0.15, 0.2) is 0 Å². The largest absolute Gasteiger partial charge is 0.508 e. The molecule has 1 heterocycles. The highest BCUT2D eigenvalue weighted by molar-refractivity contribution is 6.51. The Hall–Kier alpha value is -3.71. The molecule has 1 fully saturated rings. The zero-order valence-electron chi connectivity index (χ0n) is 15.7. The van der Waals surface area contributed by atoms with Crippen LogP contribution in [0.4, 0.5) is 14.5 Å². The van der Waals surface area contributed by atoms with E-state index in [0.29, 0.717) is 10.6 Å². The standard InChI is InChI=1S/C23H14ClF2NO4/c24-14-5-1-13(2-6-14)21(29)19-20(12-3-8-16(28)9-4-12)27(23(31)22(19)30)18-11-15(25)7-10-17(18)26/h1-11,20,28-29H/b21-19+. The number of aliphatic hydroxyl groups excluding tert-OH is 1. The van der Waals surface area contributed by atoms with Crippen LogP contribution in [0.1, 0.15) is 17.2 Å². The van der Waals surface area contributed by atoms with Gasteiger partial charge in [0.2, 0.25) is 0 Å². The first kappa shape index (κ1) is 20.6. The van der Waals surface area contributed by atoms with Crippen molar-refractivity contribution in [2.45, 2.75) is 6.04 Å². The summed E-state index contributed by atoms with van der Waals surface area (Å²) in [4.78, 5) is 26.6. The quantitative estimate of drug-likeness (QED) is 0.342. The summed E-state index contributed by atoms with van der Waals surface area (Å²) in [6.45, 7) is 0. The van der Waals surface area contributed by atoms with Gasteiger partial charge in [-0.15, -0.1) is 0 Å². The monoisotopic (exact) mass is 441 g/mol. The fourth-order valence-electron chi connectivity index (χ4n) is 3.49. The molecule has 1 amide bonds. The molecule has 0 spiro atoms. The van der Waals surface area contributed by atoms with Gasteiger partial charge in [-0.05, 0) is 54.1 Å². The average Bonchev–Trinajstić information content (AvgIpc) is 3.01. The average molecular weight is 442 g/mol. The second-order valence-corrected chi connectivity index (χ2v) is 7.30. The molecule has 3 aromatic rings. The van der Waals surface area contributed by atoms with Crippen LogP contribution in [-0.2, 0) is 9.59 Å². The fraction of sp³-hybridized carbons (Fsp3) is 0.0435. The van der Waals surface area contributed by atoms with Crippen LogP contribution in [0.5, 0.6) is 5.75 Å². The van der Waals surface area contributed by atoms with E-state index in [2.05, 4.69) is 0 Å². The van der Waals surface area contributed by atoms with Crippen molar-refractivity contribution in [3.05, 3.63) is 100 Å². The van der Waals surface area contributed by atoms with Crippen molar-refractivity contribution in [2.24, 2.45) is 0 Å². The van der Waals surface area contributed by atoms with E-state index in [4.69, 9.17) is 11.6 Å². The van der Waals surface area contributed by atoms with Gasteiger partial charge < -0.3 is 10.2 Å². The molecule has 4 rings (SSSR count). The van der Waals surface area contributed by atoms with Gasteiger partial charge in [0.1, 0.15) is 23.1 Å². The SMILES string of the molecule is O=C1C(=O)N(c2cc(F)ccc2F)C(c2ccc(O)cc2)/C1=C(\O)c1ccc(Cl)cc1. The highest BCUT2D eigenvalue weighted by Gasteiger charge is 2.47. The number of hydrogen-bond acceptors (Lipinski definition) is 4. The predicted octanol–water partition coefficient (Wildman–Crippen LogP) is 4.95. The Morgan fingerprint density at radius 1 is 0.935 bits per heavy atom. The molecule has 0 saturated carbocycles. The number of amides is 1. The van der Waals surface area contributed by atoms with E-state index in [0.717, 1.165) is 23.1 Å². The molecule has 31 heavy (non-hydrogen) atoms. The summed E-state index contributed by atoms with van der Waals surface area (Å²) >= 11 is 5.87. The zero-order valence-corrected chi connectivity index (χ0v) is 16.5. The first-order valence-corrected chi connectivity index (χ1v) is 9.46. The Bertz CT molecular complexity index is 1220. The number of hydrogen-bond donors (Lipinski definition) is 2. The third-order valence-corrected chi connectivity index (χ3v) is 5.19. The lowest BCUT2D eigenvalue weighted by atomic mass is 9.95. The summed E-state index contributed by atoms with van der Waals surface area (Å²) < 4.78 is 28.4. The number of anilines is 1. The maximum atomic E-state index is 14.6.